The normalized spacial score (nSPS) is 10.8. The van der Waals surface area contributed by atoms with Gasteiger partial charge in [0, 0.05) is 5.41 Å². The molecule has 0 atom stereocenters. The van der Waals surface area contributed by atoms with Gasteiger partial charge in [0.2, 0.25) is 0 Å². The van der Waals surface area contributed by atoms with Crippen LogP contribution >= 0.6 is 0 Å². The molecule has 2 N–H and O–H groups in total. The summed E-state index contributed by atoms with van der Waals surface area (Å²) in [5, 5.41) is 16.9. The van der Waals surface area contributed by atoms with Crippen molar-refractivity contribution in [1.29, 1.82) is 0 Å². The van der Waals surface area contributed by atoms with Crippen LogP contribution in [0.1, 0.15) is 66.2 Å². The van der Waals surface area contributed by atoms with E-state index in [1.54, 1.807) is 13.8 Å². The molecule has 2 nitrogen and oxygen atoms in total. The molecule has 0 saturated heterocycles. The Kier molecular flexibility index (Phi) is 13.8. The molecule has 0 amide bonds. The lowest BCUT2D eigenvalue weighted by molar-refractivity contribution is 0.0857. The van der Waals surface area contributed by atoms with Gasteiger partial charge < -0.3 is 10.2 Å². The monoisotopic (exact) mass is 218 g/mol. The Hall–Kier alpha value is -0.0800. The van der Waals surface area contributed by atoms with Crippen molar-refractivity contribution in [3.8, 4) is 0 Å². The van der Waals surface area contributed by atoms with Gasteiger partial charge in [-0.2, -0.15) is 0 Å². The molecule has 0 saturated carbocycles. The van der Waals surface area contributed by atoms with Crippen LogP contribution in [0.25, 0.3) is 0 Å². The maximum absolute atomic E-state index is 8.43. The van der Waals surface area contributed by atoms with Gasteiger partial charge in [-0.1, -0.05) is 66.2 Å². The van der Waals surface area contributed by atoms with E-state index in [0.717, 1.165) is 0 Å². The summed E-state index contributed by atoms with van der Waals surface area (Å²) in [5.41, 5.74) is -0.306. The third kappa shape index (κ3) is 16.6. The zero-order valence-corrected chi connectivity index (χ0v) is 11.1. The molecular formula is C13H30O2. The van der Waals surface area contributed by atoms with Gasteiger partial charge in [-0.3, -0.25) is 0 Å². The molecule has 15 heavy (non-hydrogen) atoms. The highest BCUT2D eigenvalue weighted by atomic mass is 16.3. The molecule has 0 spiro atoms. The molecule has 0 fully saturated rings. The molecule has 0 heterocycles. The Morgan fingerprint density at radius 2 is 1.07 bits per heavy atom. The predicted molar refractivity (Wildman–Crippen MR) is 67.0 cm³/mol. The summed E-state index contributed by atoms with van der Waals surface area (Å²) in [6.07, 6.45) is 8.49. The van der Waals surface area contributed by atoms with Gasteiger partial charge in [-0.05, 0) is 0 Å². The summed E-state index contributed by atoms with van der Waals surface area (Å²) >= 11 is 0. The Labute approximate surface area is 95.7 Å². The van der Waals surface area contributed by atoms with Crippen LogP contribution in [0.3, 0.4) is 0 Å². The molecule has 0 bridgehead atoms. The van der Waals surface area contributed by atoms with Crippen LogP contribution in [0.4, 0.5) is 0 Å². The molecule has 0 aromatic heterocycles. The lowest BCUT2D eigenvalue weighted by atomic mass is 9.97. The number of aliphatic hydroxyl groups is 2. The van der Waals surface area contributed by atoms with Crippen molar-refractivity contribution in [2.24, 2.45) is 5.41 Å². The minimum Gasteiger partial charge on any atom is -0.396 e. The highest BCUT2D eigenvalue weighted by molar-refractivity contribution is 4.62. The highest BCUT2D eigenvalue weighted by Gasteiger charge is 2.13. The molecule has 0 aliphatic carbocycles. The maximum Gasteiger partial charge on any atom is 0.0504 e. The Bertz CT molecular complexity index is 99.1. The van der Waals surface area contributed by atoms with Crippen LogP contribution < -0.4 is 0 Å². The van der Waals surface area contributed by atoms with Crippen molar-refractivity contribution in [3.05, 3.63) is 0 Å². The zero-order valence-electron chi connectivity index (χ0n) is 11.1. The van der Waals surface area contributed by atoms with E-state index >= 15 is 0 Å². The second-order valence-electron chi connectivity index (χ2n) is 4.89. The van der Waals surface area contributed by atoms with E-state index in [0.29, 0.717) is 0 Å². The molecule has 0 unspecified atom stereocenters. The summed E-state index contributed by atoms with van der Waals surface area (Å²) in [7, 11) is 0. The molecule has 0 aromatic rings. The fourth-order valence-electron chi connectivity index (χ4n) is 0.904. The van der Waals surface area contributed by atoms with E-state index in [-0.39, 0.29) is 18.6 Å². The van der Waals surface area contributed by atoms with Gasteiger partial charge in [-0.15, -0.1) is 0 Å². The van der Waals surface area contributed by atoms with Crippen LogP contribution in [0.5, 0.6) is 0 Å². The zero-order chi connectivity index (χ0) is 12.2. The number of unbranched alkanes of at least 4 members (excludes halogenated alkanes) is 5. The van der Waals surface area contributed by atoms with Crippen molar-refractivity contribution in [3.63, 3.8) is 0 Å². The van der Waals surface area contributed by atoms with Gasteiger partial charge in [0.1, 0.15) is 0 Å². The summed E-state index contributed by atoms with van der Waals surface area (Å²) in [5.74, 6) is 0. The first-order valence-corrected chi connectivity index (χ1v) is 6.25. The molecule has 2 heteroatoms. The van der Waals surface area contributed by atoms with Crippen molar-refractivity contribution >= 4 is 0 Å². The average Bonchev–Trinajstić information content (AvgIpc) is 2.25. The van der Waals surface area contributed by atoms with Crippen molar-refractivity contribution < 1.29 is 10.2 Å². The van der Waals surface area contributed by atoms with E-state index in [1.807, 2.05) is 0 Å². The molecular weight excluding hydrogens is 188 g/mol. The molecule has 0 aliphatic heterocycles. The molecule has 0 aliphatic rings. The van der Waals surface area contributed by atoms with E-state index in [9.17, 15) is 0 Å². The Morgan fingerprint density at radius 3 is 1.20 bits per heavy atom. The first-order valence-electron chi connectivity index (χ1n) is 6.25. The van der Waals surface area contributed by atoms with Gasteiger partial charge >= 0.3 is 0 Å². The number of aliphatic hydroxyl groups excluding tert-OH is 2. The minimum absolute atomic E-state index is 0.0451. The molecule has 0 radical (unpaired) electrons. The van der Waals surface area contributed by atoms with Gasteiger partial charge in [0.15, 0.2) is 0 Å². The summed E-state index contributed by atoms with van der Waals surface area (Å²) in [6.45, 7) is 8.20. The van der Waals surface area contributed by atoms with E-state index in [1.165, 1.54) is 38.5 Å². The maximum atomic E-state index is 8.43. The van der Waals surface area contributed by atoms with E-state index < -0.39 is 0 Å². The van der Waals surface area contributed by atoms with Gasteiger partial charge in [-0.25, -0.2) is 0 Å². The SMILES string of the molecule is CC(C)(CO)CO.CCCCCCCC. The van der Waals surface area contributed by atoms with Crippen LogP contribution in [-0.2, 0) is 0 Å². The predicted octanol–water partition coefficient (Wildman–Crippen LogP) is 3.36. The largest absolute Gasteiger partial charge is 0.396 e. The fourth-order valence-corrected chi connectivity index (χ4v) is 0.904. The average molecular weight is 218 g/mol. The van der Waals surface area contributed by atoms with E-state index in [2.05, 4.69) is 13.8 Å². The van der Waals surface area contributed by atoms with E-state index in [4.69, 9.17) is 10.2 Å². The lowest BCUT2D eigenvalue weighted by Crippen LogP contribution is -2.20. The second-order valence-corrected chi connectivity index (χ2v) is 4.89. The third-order valence-corrected chi connectivity index (χ3v) is 2.31. The topological polar surface area (TPSA) is 40.5 Å². The standard InChI is InChI=1S/C8H18.C5H12O2/c1-3-5-7-8-6-4-2;1-5(2,3-6)4-7/h3-8H2,1-2H3;6-7H,3-4H2,1-2H3. The molecule has 0 rings (SSSR count). The summed E-state index contributed by atoms with van der Waals surface area (Å²) < 4.78 is 0. The molecule has 94 valence electrons. The summed E-state index contributed by atoms with van der Waals surface area (Å²) in [6, 6.07) is 0. The van der Waals surface area contributed by atoms with Gasteiger partial charge in [0.05, 0.1) is 13.2 Å². The second kappa shape index (κ2) is 12.0. The first kappa shape index (κ1) is 17.3. The smallest absolute Gasteiger partial charge is 0.0504 e. The van der Waals surface area contributed by atoms with Crippen molar-refractivity contribution in [2.45, 2.75) is 66.2 Å². The van der Waals surface area contributed by atoms with Crippen molar-refractivity contribution in [1.82, 2.24) is 0 Å². The van der Waals surface area contributed by atoms with Crippen LogP contribution in [0.2, 0.25) is 0 Å². The lowest BCUT2D eigenvalue weighted by Gasteiger charge is -2.16. The van der Waals surface area contributed by atoms with Crippen molar-refractivity contribution in [2.75, 3.05) is 13.2 Å². The highest BCUT2D eigenvalue weighted by Crippen LogP contribution is 2.10. The van der Waals surface area contributed by atoms with Crippen LogP contribution in [0.15, 0.2) is 0 Å². The number of hydrogen-bond donors (Lipinski definition) is 2. The Morgan fingerprint density at radius 1 is 0.733 bits per heavy atom. The fraction of sp³-hybridized carbons (Fsp3) is 1.00. The van der Waals surface area contributed by atoms with Crippen LogP contribution in [0, 0.1) is 5.41 Å². The van der Waals surface area contributed by atoms with Crippen LogP contribution in [-0.4, -0.2) is 23.4 Å². The third-order valence-electron chi connectivity index (χ3n) is 2.31. The van der Waals surface area contributed by atoms with Gasteiger partial charge in [0.25, 0.3) is 0 Å². The number of hydrogen-bond acceptors (Lipinski definition) is 2. The first-order chi connectivity index (χ1) is 7.04. The summed E-state index contributed by atoms with van der Waals surface area (Å²) in [4.78, 5) is 0. The minimum atomic E-state index is -0.306. The Balaban J connectivity index is 0. The molecule has 0 aromatic carbocycles. The number of rotatable bonds is 7. The quantitative estimate of drug-likeness (QED) is 0.643.